The van der Waals surface area contributed by atoms with Crippen LogP contribution in [0.2, 0.25) is 0 Å². The fourth-order valence-corrected chi connectivity index (χ4v) is 1.83. The third-order valence-corrected chi connectivity index (χ3v) is 2.95. The van der Waals surface area contributed by atoms with Crippen LogP contribution in [-0.4, -0.2) is 16.1 Å². The summed E-state index contributed by atoms with van der Waals surface area (Å²) in [6.45, 7) is 4.35. The molecule has 0 aliphatic heterocycles. The molecule has 1 aliphatic rings. The third kappa shape index (κ3) is 2.08. The molecule has 1 saturated carbocycles. The second-order valence-corrected chi connectivity index (χ2v) is 4.12. The maximum Gasteiger partial charge on any atom is 0.202 e. The summed E-state index contributed by atoms with van der Waals surface area (Å²) in [4.78, 5) is 4.32. The van der Waals surface area contributed by atoms with Crippen LogP contribution in [0.15, 0.2) is 12.4 Å². The molecular formula is C11H19N3. The van der Waals surface area contributed by atoms with Gasteiger partial charge in [-0.15, -0.1) is 0 Å². The van der Waals surface area contributed by atoms with E-state index >= 15 is 0 Å². The number of nitrogens with one attached hydrogen (secondary N) is 1. The molecule has 0 unspecified atom stereocenters. The van der Waals surface area contributed by atoms with Crippen LogP contribution < -0.4 is 5.32 Å². The Balaban J connectivity index is 1.84. The molecule has 1 aromatic heterocycles. The summed E-state index contributed by atoms with van der Waals surface area (Å²) in [7, 11) is 0. The molecule has 1 fully saturated rings. The van der Waals surface area contributed by atoms with Crippen molar-refractivity contribution in [2.75, 3.05) is 11.9 Å². The first-order chi connectivity index (χ1) is 6.90. The van der Waals surface area contributed by atoms with Crippen LogP contribution in [0.5, 0.6) is 0 Å². The molecule has 3 nitrogen and oxygen atoms in total. The van der Waals surface area contributed by atoms with Gasteiger partial charge in [-0.1, -0.05) is 13.3 Å². The number of nitrogens with zero attached hydrogens (tertiary/aromatic N) is 2. The van der Waals surface area contributed by atoms with Crippen molar-refractivity contribution in [3.8, 4) is 0 Å². The van der Waals surface area contributed by atoms with E-state index in [0.717, 1.165) is 31.4 Å². The lowest BCUT2D eigenvalue weighted by molar-refractivity contribution is 0.332. The van der Waals surface area contributed by atoms with Crippen LogP contribution in [0, 0.1) is 5.92 Å². The average molecular weight is 193 g/mol. The van der Waals surface area contributed by atoms with Gasteiger partial charge in [-0.2, -0.15) is 0 Å². The highest BCUT2D eigenvalue weighted by atomic mass is 15.2. The summed E-state index contributed by atoms with van der Waals surface area (Å²) >= 11 is 0. The molecule has 0 amide bonds. The van der Waals surface area contributed by atoms with E-state index < -0.39 is 0 Å². The monoisotopic (exact) mass is 193 g/mol. The predicted molar refractivity (Wildman–Crippen MR) is 58.3 cm³/mol. The highest BCUT2D eigenvalue weighted by molar-refractivity contribution is 5.25. The van der Waals surface area contributed by atoms with Crippen LogP contribution in [0.4, 0.5) is 5.95 Å². The van der Waals surface area contributed by atoms with E-state index in [4.69, 9.17) is 0 Å². The molecule has 0 aromatic carbocycles. The minimum atomic E-state index is 0.891. The zero-order valence-electron chi connectivity index (χ0n) is 8.87. The Hall–Kier alpha value is -0.990. The van der Waals surface area contributed by atoms with E-state index in [1.165, 1.54) is 19.3 Å². The largest absolute Gasteiger partial charge is 0.355 e. The fourth-order valence-electron chi connectivity index (χ4n) is 1.83. The van der Waals surface area contributed by atoms with Crippen molar-refractivity contribution in [1.29, 1.82) is 0 Å². The summed E-state index contributed by atoms with van der Waals surface area (Å²) in [6, 6.07) is 0. The van der Waals surface area contributed by atoms with E-state index in [-0.39, 0.29) is 0 Å². The van der Waals surface area contributed by atoms with Gasteiger partial charge in [0, 0.05) is 25.5 Å². The van der Waals surface area contributed by atoms with Crippen molar-refractivity contribution >= 4 is 5.95 Å². The van der Waals surface area contributed by atoms with Crippen LogP contribution in [0.1, 0.15) is 32.6 Å². The van der Waals surface area contributed by atoms with Gasteiger partial charge in [-0.25, -0.2) is 4.98 Å². The topological polar surface area (TPSA) is 29.9 Å². The zero-order valence-corrected chi connectivity index (χ0v) is 8.87. The highest BCUT2D eigenvalue weighted by Gasteiger charge is 2.17. The Morgan fingerprint density at radius 1 is 1.57 bits per heavy atom. The number of aromatic nitrogens is 2. The molecule has 78 valence electrons. The highest BCUT2D eigenvalue weighted by Crippen LogP contribution is 2.26. The number of rotatable bonds is 5. The molecule has 3 heteroatoms. The van der Waals surface area contributed by atoms with Crippen molar-refractivity contribution in [2.45, 2.75) is 39.2 Å². The van der Waals surface area contributed by atoms with E-state index in [0.29, 0.717) is 0 Å². The van der Waals surface area contributed by atoms with Gasteiger partial charge in [0.15, 0.2) is 0 Å². The lowest BCUT2D eigenvalue weighted by Crippen LogP contribution is -2.22. The van der Waals surface area contributed by atoms with E-state index in [1.807, 2.05) is 12.4 Å². The molecule has 0 radical (unpaired) electrons. The normalized spacial score (nSPS) is 16.6. The van der Waals surface area contributed by atoms with Crippen molar-refractivity contribution in [1.82, 2.24) is 9.55 Å². The summed E-state index contributed by atoms with van der Waals surface area (Å²) < 4.78 is 2.19. The number of aryl methyl sites for hydroxylation is 1. The number of hydrogen-bond donors (Lipinski definition) is 1. The zero-order chi connectivity index (χ0) is 9.80. The number of hydrogen-bond acceptors (Lipinski definition) is 2. The molecule has 2 rings (SSSR count). The maximum absolute atomic E-state index is 4.32. The summed E-state index contributed by atoms with van der Waals surface area (Å²) in [5.41, 5.74) is 0. The summed E-state index contributed by atoms with van der Waals surface area (Å²) in [5, 5.41) is 3.43. The Bertz CT molecular complexity index is 276. The van der Waals surface area contributed by atoms with E-state index in [2.05, 4.69) is 21.8 Å². The molecule has 0 atom stereocenters. The van der Waals surface area contributed by atoms with Crippen molar-refractivity contribution in [2.24, 2.45) is 5.92 Å². The molecule has 0 saturated heterocycles. The number of anilines is 1. The third-order valence-electron chi connectivity index (χ3n) is 2.95. The Labute approximate surface area is 85.5 Å². The molecule has 1 heterocycles. The molecule has 1 N–H and O–H groups in total. The summed E-state index contributed by atoms with van der Waals surface area (Å²) in [5.74, 6) is 1.93. The van der Waals surface area contributed by atoms with Crippen LogP contribution in [0.3, 0.4) is 0 Å². The Morgan fingerprint density at radius 2 is 2.43 bits per heavy atom. The average Bonchev–Trinajstić information content (AvgIpc) is 2.51. The smallest absolute Gasteiger partial charge is 0.202 e. The van der Waals surface area contributed by atoms with E-state index in [9.17, 15) is 0 Å². The minimum Gasteiger partial charge on any atom is -0.355 e. The van der Waals surface area contributed by atoms with Gasteiger partial charge in [0.2, 0.25) is 5.95 Å². The number of imidazole rings is 1. The molecule has 1 aromatic rings. The van der Waals surface area contributed by atoms with Gasteiger partial charge in [0.05, 0.1) is 0 Å². The lowest BCUT2D eigenvalue weighted by Gasteiger charge is -2.25. The standard InChI is InChI=1S/C11H19N3/c1-2-7-14-8-6-12-11(14)13-9-10-4-3-5-10/h6,8,10H,2-5,7,9H2,1H3,(H,12,13). The van der Waals surface area contributed by atoms with Gasteiger partial charge in [-0.05, 0) is 25.2 Å². The van der Waals surface area contributed by atoms with Gasteiger partial charge in [0.25, 0.3) is 0 Å². The first-order valence-corrected chi connectivity index (χ1v) is 5.65. The Kier molecular flexibility index (Phi) is 3.07. The van der Waals surface area contributed by atoms with Crippen molar-refractivity contribution in [3.05, 3.63) is 12.4 Å². The van der Waals surface area contributed by atoms with Crippen molar-refractivity contribution in [3.63, 3.8) is 0 Å². The Morgan fingerprint density at radius 3 is 3.07 bits per heavy atom. The predicted octanol–water partition coefficient (Wildman–Crippen LogP) is 2.51. The fraction of sp³-hybridized carbons (Fsp3) is 0.727. The first-order valence-electron chi connectivity index (χ1n) is 5.65. The second kappa shape index (κ2) is 4.49. The quantitative estimate of drug-likeness (QED) is 0.778. The second-order valence-electron chi connectivity index (χ2n) is 4.12. The summed E-state index contributed by atoms with van der Waals surface area (Å²) in [6.07, 6.45) is 9.28. The minimum absolute atomic E-state index is 0.891. The molecular weight excluding hydrogens is 174 g/mol. The SMILES string of the molecule is CCCn1ccnc1NCC1CCC1. The molecule has 1 aliphatic carbocycles. The van der Waals surface area contributed by atoms with Gasteiger partial charge in [-0.3, -0.25) is 0 Å². The maximum atomic E-state index is 4.32. The van der Waals surface area contributed by atoms with Crippen LogP contribution >= 0.6 is 0 Å². The van der Waals surface area contributed by atoms with Crippen LogP contribution in [-0.2, 0) is 6.54 Å². The van der Waals surface area contributed by atoms with Gasteiger partial charge >= 0.3 is 0 Å². The van der Waals surface area contributed by atoms with Gasteiger partial charge < -0.3 is 9.88 Å². The first kappa shape index (κ1) is 9.56. The molecule has 0 spiro atoms. The van der Waals surface area contributed by atoms with E-state index in [1.54, 1.807) is 0 Å². The van der Waals surface area contributed by atoms with Crippen LogP contribution in [0.25, 0.3) is 0 Å². The van der Waals surface area contributed by atoms with Crippen molar-refractivity contribution < 1.29 is 0 Å². The molecule has 14 heavy (non-hydrogen) atoms. The molecule has 0 bridgehead atoms. The van der Waals surface area contributed by atoms with Gasteiger partial charge in [0.1, 0.15) is 0 Å². The lowest BCUT2D eigenvalue weighted by atomic mass is 9.85.